The summed E-state index contributed by atoms with van der Waals surface area (Å²) in [6, 6.07) is 8.16. The van der Waals surface area contributed by atoms with Crippen LogP contribution in [0.4, 0.5) is 0 Å². The summed E-state index contributed by atoms with van der Waals surface area (Å²) in [5.41, 5.74) is 2.02. The highest BCUT2D eigenvalue weighted by molar-refractivity contribution is 5.94. The van der Waals surface area contributed by atoms with E-state index in [0.29, 0.717) is 11.8 Å². The number of piperidine rings is 1. The zero-order chi connectivity index (χ0) is 21.4. The predicted molar refractivity (Wildman–Crippen MR) is 118 cm³/mol. The van der Waals surface area contributed by atoms with Crippen LogP contribution in [0.2, 0.25) is 0 Å². The van der Waals surface area contributed by atoms with Crippen molar-refractivity contribution >= 4 is 5.91 Å². The van der Waals surface area contributed by atoms with Crippen molar-refractivity contribution < 1.29 is 9.53 Å². The monoisotopic (exact) mass is 423 g/mol. The van der Waals surface area contributed by atoms with Crippen LogP contribution in [0.1, 0.15) is 78.9 Å². The molecule has 1 N–H and O–H groups in total. The fourth-order valence-corrected chi connectivity index (χ4v) is 4.96. The Morgan fingerprint density at radius 2 is 1.71 bits per heavy atom. The van der Waals surface area contributed by atoms with E-state index in [0.717, 1.165) is 62.8 Å². The number of nitrogens with one attached hydrogen (secondary N) is 1. The van der Waals surface area contributed by atoms with Crippen LogP contribution < -0.4 is 0 Å². The maximum absolute atomic E-state index is 13.0. The maximum Gasteiger partial charge on any atom is 0.253 e. The van der Waals surface area contributed by atoms with E-state index in [1.807, 2.05) is 17.0 Å². The minimum absolute atomic E-state index is 0.134. The second kappa shape index (κ2) is 8.71. The molecule has 2 saturated heterocycles. The molecule has 0 radical (unpaired) electrons. The molecule has 2 unspecified atom stereocenters. The molecule has 2 aliphatic heterocycles. The Balaban J connectivity index is 1.14. The zero-order valence-electron chi connectivity index (χ0n) is 18.6. The van der Waals surface area contributed by atoms with Crippen molar-refractivity contribution in [1.82, 2.24) is 25.0 Å². The number of aromatic nitrogens is 3. The van der Waals surface area contributed by atoms with Gasteiger partial charge in [0.05, 0.1) is 12.2 Å². The molecular weight excluding hydrogens is 390 g/mol. The van der Waals surface area contributed by atoms with Crippen LogP contribution in [-0.4, -0.2) is 69.3 Å². The van der Waals surface area contributed by atoms with E-state index in [-0.39, 0.29) is 18.1 Å². The largest absolute Gasteiger partial charge is 0.373 e. The Bertz CT molecular complexity index is 889. The van der Waals surface area contributed by atoms with Crippen LogP contribution in [-0.2, 0) is 11.3 Å². The van der Waals surface area contributed by atoms with E-state index in [4.69, 9.17) is 9.72 Å². The molecular formula is C24H33N5O2. The standard InChI is InChI=1S/C24H33N5O2/c1-16-13-28(14-17(2)31-16)15-18-3-5-21(6-4-18)24(30)29-11-9-20(10-12-29)23-25-22(26-27-23)19-7-8-19/h3-6,16-17,19-20H,7-15H2,1-2H3,(H,25,26,27). The first-order valence-corrected chi connectivity index (χ1v) is 11.7. The van der Waals surface area contributed by atoms with Gasteiger partial charge in [-0.1, -0.05) is 12.1 Å². The van der Waals surface area contributed by atoms with Crippen LogP contribution in [0.5, 0.6) is 0 Å². The van der Waals surface area contributed by atoms with Crippen LogP contribution >= 0.6 is 0 Å². The molecule has 0 bridgehead atoms. The number of hydrogen-bond donors (Lipinski definition) is 1. The van der Waals surface area contributed by atoms with Gasteiger partial charge in [0.1, 0.15) is 5.82 Å². The molecule has 1 aromatic carbocycles. The fraction of sp³-hybridized carbons (Fsp3) is 0.625. The van der Waals surface area contributed by atoms with Crippen molar-refractivity contribution in [2.24, 2.45) is 0 Å². The highest BCUT2D eigenvalue weighted by Crippen LogP contribution is 2.38. The molecule has 2 atom stereocenters. The number of nitrogens with zero attached hydrogens (tertiary/aromatic N) is 4. The van der Waals surface area contributed by atoms with Crippen LogP contribution in [0.25, 0.3) is 0 Å². The molecule has 2 aromatic rings. The molecule has 166 valence electrons. The zero-order valence-corrected chi connectivity index (χ0v) is 18.6. The van der Waals surface area contributed by atoms with Crippen LogP contribution in [0.15, 0.2) is 24.3 Å². The highest BCUT2D eigenvalue weighted by atomic mass is 16.5. The molecule has 5 rings (SSSR count). The summed E-state index contributed by atoms with van der Waals surface area (Å²) >= 11 is 0. The van der Waals surface area contributed by atoms with Gasteiger partial charge in [-0.25, -0.2) is 4.98 Å². The molecule has 7 nitrogen and oxygen atoms in total. The maximum atomic E-state index is 13.0. The van der Waals surface area contributed by atoms with Gasteiger partial charge in [0.2, 0.25) is 0 Å². The number of carbonyl (C=O) groups is 1. The highest BCUT2D eigenvalue weighted by Gasteiger charge is 2.31. The number of rotatable bonds is 5. The quantitative estimate of drug-likeness (QED) is 0.799. The Morgan fingerprint density at radius 3 is 2.35 bits per heavy atom. The summed E-state index contributed by atoms with van der Waals surface area (Å²) in [7, 11) is 0. The van der Waals surface area contributed by atoms with Gasteiger partial charge in [-0.05, 0) is 57.2 Å². The van der Waals surface area contributed by atoms with Crippen molar-refractivity contribution in [1.29, 1.82) is 0 Å². The van der Waals surface area contributed by atoms with Gasteiger partial charge in [0, 0.05) is 50.1 Å². The van der Waals surface area contributed by atoms with Crippen LogP contribution in [0, 0.1) is 0 Å². The molecule has 1 amide bonds. The van der Waals surface area contributed by atoms with Gasteiger partial charge in [-0.15, -0.1) is 0 Å². The van der Waals surface area contributed by atoms with Gasteiger partial charge >= 0.3 is 0 Å². The summed E-state index contributed by atoms with van der Waals surface area (Å²) < 4.78 is 5.82. The van der Waals surface area contributed by atoms with Gasteiger partial charge in [-0.3, -0.25) is 14.8 Å². The first-order chi connectivity index (χ1) is 15.0. The molecule has 1 aliphatic carbocycles. The number of hydrogen-bond acceptors (Lipinski definition) is 5. The minimum atomic E-state index is 0.134. The smallest absolute Gasteiger partial charge is 0.253 e. The van der Waals surface area contributed by atoms with E-state index in [9.17, 15) is 4.79 Å². The summed E-state index contributed by atoms with van der Waals surface area (Å²) in [4.78, 5) is 22.1. The first-order valence-electron chi connectivity index (χ1n) is 11.7. The molecule has 0 spiro atoms. The molecule has 31 heavy (non-hydrogen) atoms. The van der Waals surface area contributed by atoms with Crippen molar-refractivity contribution in [2.45, 2.75) is 70.1 Å². The van der Waals surface area contributed by atoms with Crippen molar-refractivity contribution in [3.63, 3.8) is 0 Å². The van der Waals surface area contributed by atoms with E-state index in [1.54, 1.807) is 0 Å². The lowest BCUT2D eigenvalue weighted by molar-refractivity contribution is -0.0704. The topological polar surface area (TPSA) is 74.4 Å². The molecule has 1 aromatic heterocycles. The number of aromatic amines is 1. The number of carbonyl (C=O) groups excluding carboxylic acids is 1. The lowest BCUT2D eigenvalue weighted by atomic mass is 9.95. The van der Waals surface area contributed by atoms with E-state index in [2.05, 4.69) is 41.1 Å². The Hall–Kier alpha value is -2.25. The van der Waals surface area contributed by atoms with E-state index in [1.165, 1.54) is 18.4 Å². The predicted octanol–water partition coefficient (Wildman–Crippen LogP) is 3.31. The Morgan fingerprint density at radius 1 is 1.03 bits per heavy atom. The van der Waals surface area contributed by atoms with E-state index >= 15 is 0 Å². The van der Waals surface area contributed by atoms with Gasteiger partial charge in [-0.2, -0.15) is 5.10 Å². The van der Waals surface area contributed by atoms with Crippen LogP contribution in [0.3, 0.4) is 0 Å². The van der Waals surface area contributed by atoms with Crippen molar-refractivity contribution in [3.05, 3.63) is 47.0 Å². The molecule has 3 fully saturated rings. The average Bonchev–Trinajstić information content (AvgIpc) is 3.50. The van der Waals surface area contributed by atoms with Gasteiger partial charge < -0.3 is 9.64 Å². The normalized spacial score (nSPS) is 25.7. The van der Waals surface area contributed by atoms with Gasteiger partial charge in [0.15, 0.2) is 5.82 Å². The minimum Gasteiger partial charge on any atom is -0.373 e. The summed E-state index contributed by atoms with van der Waals surface area (Å²) in [6.07, 6.45) is 4.85. The number of benzene rings is 1. The fourth-order valence-electron chi connectivity index (χ4n) is 4.96. The number of likely N-dealkylation sites (tertiary alicyclic amines) is 1. The number of morpholine rings is 1. The molecule has 3 heterocycles. The first kappa shape index (κ1) is 20.6. The molecule has 3 aliphatic rings. The molecule has 1 saturated carbocycles. The average molecular weight is 424 g/mol. The summed E-state index contributed by atoms with van der Waals surface area (Å²) in [6.45, 7) is 8.60. The third-order valence-electron chi connectivity index (χ3n) is 6.73. The third kappa shape index (κ3) is 4.83. The SMILES string of the molecule is CC1CN(Cc2ccc(C(=O)N3CCC(c4nc(C5CC5)n[nH]4)CC3)cc2)CC(C)O1. The Labute approximate surface area is 184 Å². The van der Waals surface area contributed by atoms with Crippen molar-refractivity contribution in [3.8, 4) is 0 Å². The Kier molecular flexibility index (Phi) is 5.80. The number of amides is 1. The van der Waals surface area contributed by atoms with E-state index < -0.39 is 0 Å². The number of H-pyrrole nitrogens is 1. The van der Waals surface area contributed by atoms with Crippen molar-refractivity contribution in [2.75, 3.05) is 26.2 Å². The summed E-state index contributed by atoms with van der Waals surface area (Å²) in [5.74, 6) is 3.07. The summed E-state index contributed by atoms with van der Waals surface area (Å²) in [5, 5.41) is 7.53. The molecule has 7 heteroatoms. The lowest BCUT2D eigenvalue weighted by Gasteiger charge is -2.35. The second-order valence-corrected chi connectivity index (χ2v) is 9.57. The van der Waals surface area contributed by atoms with Gasteiger partial charge in [0.25, 0.3) is 5.91 Å². The lowest BCUT2D eigenvalue weighted by Crippen LogP contribution is -2.44. The second-order valence-electron chi connectivity index (χ2n) is 9.57. The third-order valence-corrected chi connectivity index (χ3v) is 6.73. The number of ether oxygens (including phenoxy) is 1.